The first-order valence-electron chi connectivity index (χ1n) is 32.7. The highest BCUT2D eigenvalue weighted by molar-refractivity contribution is 5.76. The fourth-order valence-electron chi connectivity index (χ4n) is 10.5. The number of unbranched alkanes of at least 4 members (excludes halogenated alkanes) is 43. The summed E-state index contributed by atoms with van der Waals surface area (Å²) in [7, 11) is 0. The van der Waals surface area contributed by atoms with Crippen molar-refractivity contribution in [1.82, 2.24) is 5.32 Å². The molecule has 1 aliphatic heterocycles. The second kappa shape index (κ2) is 55.7. The monoisotopic (exact) mass is 1060 g/mol. The first kappa shape index (κ1) is 71.4. The maximum absolute atomic E-state index is 13.1. The van der Waals surface area contributed by atoms with Crippen molar-refractivity contribution < 1.29 is 39.8 Å². The number of carbonyl (C=O) groups excluding carboxylic acids is 1. The van der Waals surface area contributed by atoms with Gasteiger partial charge in [-0.2, -0.15) is 0 Å². The van der Waals surface area contributed by atoms with Gasteiger partial charge in [0.05, 0.1) is 25.4 Å². The number of hydrogen-bond acceptors (Lipinski definition) is 8. The third kappa shape index (κ3) is 44.9. The second-order valence-corrected chi connectivity index (χ2v) is 22.9. The molecule has 0 aliphatic carbocycles. The van der Waals surface area contributed by atoms with Gasteiger partial charge in [0.1, 0.15) is 24.4 Å². The van der Waals surface area contributed by atoms with Gasteiger partial charge in [-0.1, -0.05) is 307 Å². The van der Waals surface area contributed by atoms with Gasteiger partial charge in [-0.15, -0.1) is 0 Å². The van der Waals surface area contributed by atoms with Gasteiger partial charge in [-0.05, 0) is 44.9 Å². The van der Waals surface area contributed by atoms with Crippen LogP contribution in [0.25, 0.3) is 0 Å². The molecule has 75 heavy (non-hydrogen) atoms. The van der Waals surface area contributed by atoms with E-state index in [-0.39, 0.29) is 12.5 Å². The number of nitrogens with one attached hydrogen (secondary N) is 1. The molecular weight excluding hydrogens is 935 g/mol. The minimum atomic E-state index is -1.57. The van der Waals surface area contributed by atoms with Crippen LogP contribution in [-0.2, 0) is 14.3 Å². The summed E-state index contributed by atoms with van der Waals surface area (Å²) in [6.07, 6.45) is 66.7. The molecule has 9 heteroatoms. The van der Waals surface area contributed by atoms with Crippen LogP contribution >= 0.6 is 0 Å². The smallest absolute Gasteiger partial charge is 0.220 e. The van der Waals surface area contributed by atoms with Crippen molar-refractivity contribution in [1.29, 1.82) is 0 Å². The van der Waals surface area contributed by atoms with Gasteiger partial charge >= 0.3 is 0 Å². The first-order valence-corrected chi connectivity index (χ1v) is 32.7. The Morgan fingerprint density at radius 1 is 0.440 bits per heavy atom. The van der Waals surface area contributed by atoms with E-state index in [0.717, 1.165) is 44.9 Å². The Kier molecular flexibility index (Phi) is 53.1. The zero-order valence-electron chi connectivity index (χ0n) is 49.3. The number of allylic oxidation sites excluding steroid dienone is 5. The van der Waals surface area contributed by atoms with Gasteiger partial charge in [0.2, 0.25) is 5.91 Å². The predicted octanol–water partition coefficient (Wildman–Crippen LogP) is 17.1. The Morgan fingerprint density at radius 3 is 1.12 bits per heavy atom. The van der Waals surface area contributed by atoms with E-state index in [4.69, 9.17) is 9.47 Å². The van der Waals surface area contributed by atoms with Crippen LogP contribution in [0.5, 0.6) is 0 Å². The Labute approximate surface area is 463 Å². The van der Waals surface area contributed by atoms with Crippen LogP contribution in [-0.4, -0.2) is 87.5 Å². The van der Waals surface area contributed by atoms with E-state index in [9.17, 15) is 30.3 Å². The standard InChI is InChI=1S/C66H125NO8/c1-3-5-7-9-11-13-15-17-19-21-23-25-26-27-28-29-30-31-32-33-34-36-37-39-41-43-45-47-49-51-53-55-60(69)59(58-74-66-65(73)64(72)63(71)61(57-68)75-66)67-62(70)56-54-52-50-48-46-44-42-40-38-35-24-22-20-18-16-14-12-10-8-6-4-2/h37,39,45,47,53,55,59-61,63-66,68-69,71-73H,3-36,38,40-44,46,48-52,54,56-58H2,1-2H3,(H,67,70)/b39-37+,47-45+,55-53+. The molecule has 1 aliphatic rings. The molecule has 1 rings (SSSR count). The Hall–Kier alpha value is -1.59. The van der Waals surface area contributed by atoms with Crippen LogP contribution in [0.3, 0.4) is 0 Å². The van der Waals surface area contributed by atoms with Crippen LogP contribution in [0.15, 0.2) is 36.5 Å². The number of amides is 1. The number of ether oxygens (including phenoxy) is 2. The summed E-state index contributed by atoms with van der Waals surface area (Å²) in [6.45, 7) is 3.81. The van der Waals surface area contributed by atoms with E-state index in [1.54, 1.807) is 6.08 Å². The lowest BCUT2D eigenvalue weighted by atomic mass is 9.99. The summed E-state index contributed by atoms with van der Waals surface area (Å²) in [6, 6.07) is -0.827. The number of carbonyl (C=O) groups is 1. The number of aliphatic hydroxyl groups is 5. The summed E-state index contributed by atoms with van der Waals surface area (Å²) in [5.74, 6) is -0.185. The molecule has 1 fully saturated rings. The third-order valence-electron chi connectivity index (χ3n) is 15.7. The lowest BCUT2D eigenvalue weighted by Crippen LogP contribution is -2.60. The van der Waals surface area contributed by atoms with Crippen LogP contribution in [0.1, 0.15) is 322 Å². The lowest BCUT2D eigenvalue weighted by Gasteiger charge is -2.40. The highest BCUT2D eigenvalue weighted by atomic mass is 16.7. The fourth-order valence-corrected chi connectivity index (χ4v) is 10.5. The van der Waals surface area contributed by atoms with Crippen LogP contribution in [0, 0.1) is 0 Å². The van der Waals surface area contributed by atoms with E-state index in [2.05, 4.69) is 43.5 Å². The zero-order chi connectivity index (χ0) is 54.3. The molecule has 7 unspecified atom stereocenters. The van der Waals surface area contributed by atoms with Gasteiger partial charge in [-0.25, -0.2) is 0 Å². The van der Waals surface area contributed by atoms with Crippen molar-refractivity contribution in [3.05, 3.63) is 36.5 Å². The highest BCUT2D eigenvalue weighted by Crippen LogP contribution is 2.23. The first-order chi connectivity index (χ1) is 36.8. The molecule has 0 saturated carbocycles. The largest absolute Gasteiger partial charge is 0.394 e. The van der Waals surface area contributed by atoms with Crippen molar-refractivity contribution in [2.45, 2.75) is 365 Å². The van der Waals surface area contributed by atoms with Crippen molar-refractivity contribution in [3.8, 4) is 0 Å². The Morgan fingerprint density at radius 2 is 0.760 bits per heavy atom. The predicted molar refractivity (Wildman–Crippen MR) is 318 cm³/mol. The quantitative estimate of drug-likeness (QED) is 0.0261. The molecule has 0 spiro atoms. The number of hydrogen-bond donors (Lipinski definition) is 6. The van der Waals surface area contributed by atoms with E-state index in [1.807, 2.05) is 6.08 Å². The van der Waals surface area contributed by atoms with E-state index in [0.29, 0.717) is 6.42 Å². The second-order valence-electron chi connectivity index (χ2n) is 22.9. The molecule has 7 atom stereocenters. The average molecular weight is 1060 g/mol. The topological polar surface area (TPSA) is 149 Å². The average Bonchev–Trinajstić information content (AvgIpc) is 3.41. The zero-order valence-corrected chi connectivity index (χ0v) is 49.3. The van der Waals surface area contributed by atoms with Crippen molar-refractivity contribution in [3.63, 3.8) is 0 Å². The van der Waals surface area contributed by atoms with Gasteiger partial charge in [0.15, 0.2) is 6.29 Å². The van der Waals surface area contributed by atoms with Crippen molar-refractivity contribution >= 4 is 5.91 Å². The molecule has 9 nitrogen and oxygen atoms in total. The molecule has 1 saturated heterocycles. The SMILES string of the molecule is CCCCCCCCCCCCCCCCCCCCCCC/C=C/CC/C=C/CC/C=C/C(O)C(COC1OC(CO)C(O)C(O)C1O)NC(=O)CCCCCCCCCCCCCCCCCCCCCCC. The van der Waals surface area contributed by atoms with Gasteiger partial charge in [0.25, 0.3) is 0 Å². The van der Waals surface area contributed by atoms with Gasteiger partial charge in [0, 0.05) is 6.42 Å². The summed E-state index contributed by atoms with van der Waals surface area (Å²) in [5, 5.41) is 54.6. The highest BCUT2D eigenvalue weighted by Gasteiger charge is 2.44. The molecule has 0 radical (unpaired) electrons. The van der Waals surface area contributed by atoms with Crippen molar-refractivity contribution in [2.24, 2.45) is 0 Å². The summed E-state index contributed by atoms with van der Waals surface area (Å²) in [4.78, 5) is 13.1. The van der Waals surface area contributed by atoms with Crippen LogP contribution in [0.4, 0.5) is 0 Å². The summed E-state index contributed by atoms with van der Waals surface area (Å²) >= 11 is 0. The van der Waals surface area contributed by atoms with E-state index < -0.39 is 49.5 Å². The lowest BCUT2D eigenvalue weighted by molar-refractivity contribution is -0.302. The molecule has 0 aromatic rings. The minimum Gasteiger partial charge on any atom is -0.394 e. The molecule has 0 bridgehead atoms. The molecule has 6 N–H and O–H groups in total. The molecule has 0 aromatic carbocycles. The third-order valence-corrected chi connectivity index (χ3v) is 15.7. The normalized spacial score (nSPS) is 19.1. The number of rotatable bonds is 57. The minimum absolute atomic E-state index is 0.185. The van der Waals surface area contributed by atoms with Gasteiger partial charge < -0.3 is 40.3 Å². The molecule has 442 valence electrons. The van der Waals surface area contributed by atoms with E-state index >= 15 is 0 Å². The van der Waals surface area contributed by atoms with Crippen molar-refractivity contribution in [2.75, 3.05) is 13.2 Å². The van der Waals surface area contributed by atoms with Crippen LogP contribution < -0.4 is 5.32 Å². The molecule has 1 amide bonds. The Balaban J connectivity index is 2.19. The summed E-state index contributed by atoms with van der Waals surface area (Å²) < 4.78 is 11.3. The number of aliphatic hydroxyl groups excluding tert-OH is 5. The molecule has 1 heterocycles. The maximum Gasteiger partial charge on any atom is 0.220 e. The fraction of sp³-hybridized carbons (Fsp3) is 0.894. The summed E-state index contributed by atoms with van der Waals surface area (Å²) in [5.41, 5.74) is 0. The molecular formula is C66H125NO8. The van der Waals surface area contributed by atoms with E-state index in [1.165, 1.54) is 257 Å². The maximum atomic E-state index is 13.1. The molecule has 0 aromatic heterocycles. The van der Waals surface area contributed by atoms with Gasteiger partial charge in [-0.3, -0.25) is 4.79 Å². The van der Waals surface area contributed by atoms with Crippen LogP contribution in [0.2, 0.25) is 0 Å². The Bertz CT molecular complexity index is 1270.